The van der Waals surface area contributed by atoms with Gasteiger partial charge in [0.05, 0.1) is 23.1 Å². The molecule has 0 atom stereocenters. The van der Waals surface area contributed by atoms with Crippen molar-refractivity contribution in [2.45, 2.75) is 25.9 Å². The fraction of sp³-hybridized carbons (Fsp3) is 0.200. The Hall–Kier alpha value is -3.38. The van der Waals surface area contributed by atoms with Crippen LogP contribution in [0.25, 0.3) is 0 Å². The summed E-state index contributed by atoms with van der Waals surface area (Å²) in [5, 5.41) is 10.9. The van der Waals surface area contributed by atoms with E-state index < -0.39 is 30.1 Å². The SMILES string of the molecule is O=C(Nc1ncn(Cc2ccc(Cl)c(Cl)c2)n1)c1ccc(Cn2nc(C(F)F)cc2C(F)F)o1. The molecule has 0 spiro atoms. The molecule has 0 saturated heterocycles. The molecule has 8 nitrogen and oxygen atoms in total. The van der Waals surface area contributed by atoms with Crippen LogP contribution in [0.4, 0.5) is 23.5 Å². The minimum absolute atomic E-state index is 0.00310. The molecule has 0 aliphatic heterocycles. The van der Waals surface area contributed by atoms with Gasteiger partial charge in [-0.25, -0.2) is 27.2 Å². The first-order valence-electron chi connectivity index (χ1n) is 9.57. The zero-order chi connectivity index (χ0) is 24.4. The van der Waals surface area contributed by atoms with Gasteiger partial charge in [0, 0.05) is 0 Å². The van der Waals surface area contributed by atoms with Gasteiger partial charge in [0.1, 0.15) is 23.5 Å². The van der Waals surface area contributed by atoms with Crippen molar-refractivity contribution in [3.8, 4) is 0 Å². The van der Waals surface area contributed by atoms with Crippen molar-refractivity contribution in [1.82, 2.24) is 24.5 Å². The molecule has 1 amide bonds. The van der Waals surface area contributed by atoms with Crippen molar-refractivity contribution in [3.05, 3.63) is 81.2 Å². The average Bonchev–Trinajstić information content (AvgIpc) is 3.51. The van der Waals surface area contributed by atoms with E-state index in [1.807, 2.05) is 0 Å². The van der Waals surface area contributed by atoms with Crippen LogP contribution >= 0.6 is 23.2 Å². The van der Waals surface area contributed by atoms with Gasteiger partial charge in [-0.15, -0.1) is 5.10 Å². The number of furan rings is 1. The summed E-state index contributed by atoms with van der Waals surface area (Å²) in [6.07, 6.45) is -4.61. The summed E-state index contributed by atoms with van der Waals surface area (Å²) in [5.74, 6) is -0.789. The molecule has 0 aliphatic carbocycles. The van der Waals surface area contributed by atoms with Gasteiger partial charge >= 0.3 is 0 Å². The Labute approximate surface area is 199 Å². The van der Waals surface area contributed by atoms with E-state index in [1.54, 1.807) is 18.2 Å². The monoisotopic (exact) mass is 516 g/mol. The van der Waals surface area contributed by atoms with Crippen LogP contribution in [-0.2, 0) is 13.1 Å². The molecule has 34 heavy (non-hydrogen) atoms. The van der Waals surface area contributed by atoms with Crippen LogP contribution < -0.4 is 5.32 Å². The van der Waals surface area contributed by atoms with Crippen molar-refractivity contribution in [3.63, 3.8) is 0 Å². The lowest BCUT2D eigenvalue weighted by Crippen LogP contribution is -2.13. The fourth-order valence-electron chi connectivity index (χ4n) is 3.01. The van der Waals surface area contributed by atoms with E-state index >= 15 is 0 Å². The zero-order valence-corrected chi connectivity index (χ0v) is 18.4. The molecule has 0 bridgehead atoms. The van der Waals surface area contributed by atoms with Crippen LogP contribution in [0, 0.1) is 0 Å². The number of carbonyl (C=O) groups excluding carboxylic acids is 1. The van der Waals surface area contributed by atoms with Gasteiger partial charge < -0.3 is 4.42 Å². The van der Waals surface area contributed by atoms with E-state index in [0.29, 0.717) is 27.3 Å². The standard InChI is InChI=1S/C20H14Cl2F4N6O2/c21-12-3-1-10(5-13(12)22)7-31-9-27-20(30-31)28-19(33)16-4-2-11(34-16)8-32-15(18(25)26)6-14(29-32)17(23)24/h1-6,9,17-18H,7-8H2,(H,28,30,33). The van der Waals surface area contributed by atoms with E-state index in [-0.39, 0.29) is 24.0 Å². The summed E-state index contributed by atoms with van der Waals surface area (Å²) in [6.45, 7) is -0.0438. The maximum atomic E-state index is 13.1. The Morgan fingerprint density at radius 1 is 1.00 bits per heavy atom. The van der Waals surface area contributed by atoms with E-state index in [2.05, 4.69) is 20.5 Å². The predicted molar refractivity (Wildman–Crippen MR) is 113 cm³/mol. The molecule has 4 rings (SSSR count). The van der Waals surface area contributed by atoms with Crippen LogP contribution in [0.15, 0.2) is 47.1 Å². The minimum Gasteiger partial charge on any atom is -0.454 e. The molecule has 4 aromatic rings. The lowest BCUT2D eigenvalue weighted by Gasteiger charge is -2.04. The number of anilines is 1. The first kappa shape index (κ1) is 23.8. The summed E-state index contributed by atoms with van der Waals surface area (Å²) in [4.78, 5) is 16.4. The first-order chi connectivity index (χ1) is 16.2. The van der Waals surface area contributed by atoms with Gasteiger partial charge in [0.15, 0.2) is 5.76 Å². The highest BCUT2D eigenvalue weighted by Crippen LogP contribution is 2.26. The summed E-state index contributed by atoms with van der Waals surface area (Å²) < 4.78 is 59.4. The Kier molecular flexibility index (Phi) is 6.89. The number of nitrogens with zero attached hydrogens (tertiary/aromatic N) is 5. The smallest absolute Gasteiger partial charge is 0.293 e. The molecule has 178 valence electrons. The number of nitrogens with one attached hydrogen (secondary N) is 1. The minimum atomic E-state index is -3.01. The molecule has 0 fully saturated rings. The Morgan fingerprint density at radius 2 is 1.79 bits per heavy atom. The lowest BCUT2D eigenvalue weighted by molar-refractivity contribution is 0.0993. The van der Waals surface area contributed by atoms with Crippen molar-refractivity contribution < 1.29 is 26.8 Å². The molecule has 1 aromatic carbocycles. The second-order valence-corrected chi connectivity index (χ2v) is 7.80. The molecular formula is C20H14Cl2F4N6O2. The maximum Gasteiger partial charge on any atom is 0.293 e. The number of alkyl halides is 4. The van der Waals surface area contributed by atoms with E-state index in [9.17, 15) is 22.4 Å². The van der Waals surface area contributed by atoms with Gasteiger partial charge in [-0.3, -0.25) is 14.8 Å². The maximum absolute atomic E-state index is 13.1. The number of rotatable bonds is 8. The third kappa shape index (κ3) is 5.39. The highest BCUT2D eigenvalue weighted by atomic mass is 35.5. The van der Waals surface area contributed by atoms with Crippen LogP contribution in [0.3, 0.4) is 0 Å². The van der Waals surface area contributed by atoms with E-state index in [4.69, 9.17) is 27.6 Å². The number of hydrogen-bond acceptors (Lipinski definition) is 5. The van der Waals surface area contributed by atoms with Crippen LogP contribution in [0.2, 0.25) is 10.0 Å². The Bertz CT molecular complexity index is 1320. The molecule has 0 unspecified atom stereocenters. The molecule has 14 heteroatoms. The molecule has 0 aliphatic rings. The highest BCUT2D eigenvalue weighted by Gasteiger charge is 2.22. The number of hydrogen-bond donors (Lipinski definition) is 1. The quantitative estimate of drug-likeness (QED) is 0.308. The average molecular weight is 517 g/mol. The second-order valence-electron chi connectivity index (χ2n) is 6.99. The number of amides is 1. The van der Waals surface area contributed by atoms with Crippen molar-refractivity contribution >= 4 is 35.1 Å². The zero-order valence-electron chi connectivity index (χ0n) is 16.9. The summed E-state index contributed by atoms with van der Waals surface area (Å²) in [5.41, 5.74) is -0.651. The van der Waals surface area contributed by atoms with Crippen LogP contribution in [-0.4, -0.2) is 30.5 Å². The van der Waals surface area contributed by atoms with Crippen LogP contribution in [0.5, 0.6) is 0 Å². The molecular weight excluding hydrogens is 503 g/mol. The number of aromatic nitrogens is 5. The number of benzene rings is 1. The molecule has 3 aromatic heterocycles. The van der Waals surface area contributed by atoms with Gasteiger partial charge in [-0.05, 0) is 35.9 Å². The fourth-order valence-corrected chi connectivity index (χ4v) is 3.33. The first-order valence-corrected chi connectivity index (χ1v) is 10.3. The number of halogens is 6. The highest BCUT2D eigenvalue weighted by molar-refractivity contribution is 6.42. The summed E-state index contributed by atoms with van der Waals surface area (Å²) >= 11 is 11.9. The second kappa shape index (κ2) is 9.85. The number of carbonyl (C=O) groups is 1. The Morgan fingerprint density at radius 3 is 2.50 bits per heavy atom. The molecule has 0 radical (unpaired) electrons. The lowest BCUT2D eigenvalue weighted by atomic mass is 10.2. The Balaban J connectivity index is 1.41. The largest absolute Gasteiger partial charge is 0.454 e. The van der Waals surface area contributed by atoms with Gasteiger partial charge in [-0.2, -0.15) is 5.10 Å². The summed E-state index contributed by atoms with van der Waals surface area (Å²) in [6, 6.07) is 8.38. The van der Waals surface area contributed by atoms with Gasteiger partial charge in [-0.1, -0.05) is 29.3 Å². The van der Waals surface area contributed by atoms with E-state index in [0.717, 1.165) is 5.56 Å². The van der Waals surface area contributed by atoms with Gasteiger partial charge in [0.2, 0.25) is 5.95 Å². The molecule has 3 heterocycles. The van der Waals surface area contributed by atoms with E-state index in [1.165, 1.54) is 23.1 Å². The van der Waals surface area contributed by atoms with Crippen molar-refractivity contribution in [2.24, 2.45) is 0 Å². The van der Waals surface area contributed by atoms with Crippen molar-refractivity contribution in [1.29, 1.82) is 0 Å². The van der Waals surface area contributed by atoms with Crippen molar-refractivity contribution in [2.75, 3.05) is 5.32 Å². The topological polar surface area (TPSA) is 90.8 Å². The predicted octanol–water partition coefficient (Wildman–Crippen LogP) is 5.60. The third-order valence-corrected chi connectivity index (χ3v) is 5.30. The normalized spacial score (nSPS) is 11.5. The van der Waals surface area contributed by atoms with Crippen LogP contribution in [0.1, 0.15) is 46.1 Å². The molecule has 0 saturated carbocycles. The molecule has 1 N–H and O–H groups in total. The summed E-state index contributed by atoms with van der Waals surface area (Å²) in [7, 11) is 0. The van der Waals surface area contributed by atoms with Gasteiger partial charge in [0.25, 0.3) is 18.8 Å². The third-order valence-electron chi connectivity index (χ3n) is 4.56.